The highest BCUT2D eigenvalue weighted by Crippen LogP contribution is 2.26. The Kier molecular flexibility index (Phi) is 5.50. The molecule has 1 N–H and O–H groups in total. The van der Waals surface area contributed by atoms with E-state index in [2.05, 4.69) is 47.1 Å². The summed E-state index contributed by atoms with van der Waals surface area (Å²) in [7, 11) is 2.86. The van der Waals surface area contributed by atoms with Gasteiger partial charge in [-0.25, -0.2) is 15.0 Å². The van der Waals surface area contributed by atoms with E-state index < -0.39 is 5.91 Å². The van der Waals surface area contributed by atoms with Gasteiger partial charge in [-0.15, -0.1) is 11.3 Å². The first kappa shape index (κ1) is 17.9. The van der Waals surface area contributed by atoms with Gasteiger partial charge in [0.15, 0.2) is 10.7 Å². The summed E-state index contributed by atoms with van der Waals surface area (Å²) in [5.41, 5.74) is 0.979. The molecular weight excluding hydrogens is 328 g/mol. The molecule has 8 heteroatoms. The zero-order valence-electron chi connectivity index (χ0n) is 14.3. The van der Waals surface area contributed by atoms with Crippen LogP contribution in [0.2, 0.25) is 0 Å². The quantitative estimate of drug-likeness (QED) is 0.892. The molecule has 128 valence electrons. The molecule has 0 radical (unpaired) electrons. The van der Waals surface area contributed by atoms with Gasteiger partial charge in [0, 0.05) is 5.38 Å². The topological polar surface area (TPSA) is 86.2 Å². The fourth-order valence-electron chi connectivity index (χ4n) is 1.77. The summed E-state index contributed by atoms with van der Waals surface area (Å²) < 4.78 is 10.2. The van der Waals surface area contributed by atoms with Crippen LogP contribution in [-0.2, 0) is 0 Å². The van der Waals surface area contributed by atoms with Crippen LogP contribution in [-0.4, -0.2) is 35.1 Å². The molecule has 0 unspecified atom stereocenters. The predicted octanol–water partition coefficient (Wildman–Crippen LogP) is 3.26. The molecule has 7 nitrogen and oxygen atoms in total. The lowest BCUT2D eigenvalue weighted by Crippen LogP contribution is -2.16. The van der Waals surface area contributed by atoms with Gasteiger partial charge in [-0.05, 0) is 11.5 Å². The van der Waals surface area contributed by atoms with Gasteiger partial charge in [0.25, 0.3) is 5.91 Å². The van der Waals surface area contributed by atoms with Crippen LogP contribution in [0.25, 0.3) is 6.08 Å². The smallest absolute Gasteiger partial charge is 0.268 e. The Hall–Kier alpha value is -2.48. The molecular formula is C16H20N4O3S. The van der Waals surface area contributed by atoms with Gasteiger partial charge in [-0.3, -0.25) is 10.1 Å². The number of amides is 1. The minimum atomic E-state index is -0.440. The Morgan fingerprint density at radius 3 is 2.38 bits per heavy atom. The van der Waals surface area contributed by atoms with Crippen LogP contribution in [0.1, 0.15) is 36.8 Å². The Balaban J connectivity index is 2.19. The number of carbonyl (C=O) groups is 1. The maximum absolute atomic E-state index is 12.5. The molecule has 0 aliphatic rings. The molecule has 2 heterocycles. The zero-order valence-corrected chi connectivity index (χ0v) is 15.1. The maximum Gasteiger partial charge on any atom is 0.268 e. The van der Waals surface area contributed by atoms with E-state index in [0.29, 0.717) is 5.13 Å². The van der Waals surface area contributed by atoms with Crippen LogP contribution >= 0.6 is 11.3 Å². The van der Waals surface area contributed by atoms with Crippen molar-refractivity contribution in [2.24, 2.45) is 5.41 Å². The molecule has 2 rings (SSSR count). The second-order valence-corrected chi connectivity index (χ2v) is 6.86. The normalized spacial score (nSPS) is 11.5. The van der Waals surface area contributed by atoms with Crippen molar-refractivity contribution in [3.63, 3.8) is 0 Å². The van der Waals surface area contributed by atoms with Crippen molar-refractivity contribution in [3.05, 3.63) is 29.0 Å². The predicted molar refractivity (Wildman–Crippen MR) is 93.7 cm³/mol. The molecule has 0 saturated heterocycles. The Bertz CT molecular complexity index is 728. The summed E-state index contributed by atoms with van der Waals surface area (Å²) in [5.74, 6) is -0.155. The van der Waals surface area contributed by atoms with E-state index >= 15 is 0 Å². The highest BCUT2D eigenvalue weighted by atomic mass is 32.1. The summed E-state index contributed by atoms with van der Waals surface area (Å²) in [6.07, 6.45) is 5.26. The number of rotatable bonds is 5. The number of nitrogens with zero attached hydrogens (tertiary/aromatic N) is 3. The molecule has 0 saturated carbocycles. The van der Waals surface area contributed by atoms with Crippen molar-refractivity contribution < 1.29 is 14.3 Å². The van der Waals surface area contributed by atoms with Crippen LogP contribution < -0.4 is 14.8 Å². The monoisotopic (exact) mass is 348 g/mol. The molecule has 0 aliphatic heterocycles. The van der Waals surface area contributed by atoms with Gasteiger partial charge in [-0.2, -0.15) is 0 Å². The first-order chi connectivity index (χ1) is 11.3. The van der Waals surface area contributed by atoms with Gasteiger partial charge >= 0.3 is 0 Å². The van der Waals surface area contributed by atoms with E-state index in [4.69, 9.17) is 9.47 Å². The summed E-state index contributed by atoms with van der Waals surface area (Å²) in [5, 5.41) is 5.06. The first-order valence-corrected chi connectivity index (χ1v) is 8.11. The summed E-state index contributed by atoms with van der Waals surface area (Å²) in [4.78, 5) is 24.7. The number of thiazole rings is 1. The second kappa shape index (κ2) is 7.39. The molecule has 2 aromatic rings. The molecule has 1 amide bonds. The molecule has 0 aliphatic carbocycles. The standard InChI is InChI=1S/C16H20N4O3S/c1-16(2,3)7-6-10-8-24-15(19-10)20-12(21)11-13(22-4)17-9-18-14(11)23-5/h6-9H,1-5H3,(H,19,20,21)/b7-6+. The molecule has 0 fully saturated rings. The lowest BCUT2D eigenvalue weighted by Gasteiger charge is -2.10. The van der Waals surface area contributed by atoms with Crippen LogP contribution in [0.15, 0.2) is 17.8 Å². The van der Waals surface area contributed by atoms with Gasteiger partial charge in [0.2, 0.25) is 11.8 Å². The number of aromatic nitrogens is 3. The Morgan fingerprint density at radius 2 is 1.83 bits per heavy atom. The average Bonchev–Trinajstić information content (AvgIpc) is 2.98. The maximum atomic E-state index is 12.5. The fourth-order valence-corrected chi connectivity index (χ4v) is 2.45. The number of hydrogen-bond donors (Lipinski definition) is 1. The summed E-state index contributed by atoms with van der Waals surface area (Å²) in [6, 6.07) is 0. The van der Waals surface area contributed by atoms with E-state index in [1.54, 1.807) is 0 Å². The van der Waals surface area contributed by atoms with E-state index in [-0.39, 0.29) is 22.7 Å². The SMILES string of the molecule is COc1ncnc(OC)c1C(=O)Nc1nc(/C=C/C(C)(C)C)cs1. The molecule has 24 heavy (non-hydrogen) atoms. The summed E-state index contributed by atoms with van der Waals surface area (Å²) in [6.45, 7) is 6.31. The fraction of sp³-hybridized carbons (Fsp3) is 0.375. The molecule has 0 bridgehead atoms. The number of carbonyl (C=O) groups excluding carboxylic acids is 1. The minimum absolute atomic E-state index is 0.0646. The Morgan fingerprint density at radius 1 is 1.21 bits per heavy atom. The lowest BCUT2D eigenvalue weighted by molar-refractivity contribution is 0.101. The first-order valence-electron chi connectivity index (χ1n) is 7.23. The largest absolute Gasteiger partial charge is 0.480 e. The van der Waals surface area contributed by atoms with E-state index in [9.17, 15) is 4.79 Å². The van der Waals surface area contributed by atoms with E-state index in [0.717, 1.165) is 5.69 Å². The number of anilines is 1. The third-order valence-corrected chi connectivity index (χ3v) is 3.66. The molecule has 0 spiro atoms. The number of hydrogen-bond acceptors (Lipinski definition) is 7. The van der Waals surface area contributed by atoms with Crippen molar-refractivity contribution >= 4 is 28.5 Å². The third kappa shape index (κ3) is 4.51. The van der Waals surface area contributed by atoms with E-state index in [1.807, 2.05) is 11.5 Å². The van der Waals surface area contributed by atoms with Crippen molar-refractivity contribution in [2.45, 2.75) is 20.8 Å². The second-order valence-electron chi connectivity index (χ2n) is 6.00. The number of methoxy groups -OCH3 is 2. The summed E-state index contributed by atoms with van der Waals surface area (Å²) >= 11 is 1.33. The van der Waals surface area contributed by atoms with Gasteiger partial charge in [0.05, 0.1) is 19.9 Å². The van der Waals surface area contributed by atoms with Gasteiger partial charge < -0.3 is 9.47 Å². The highest BCUT2D eigenvalue weighted by Gasteiger charge is 2.22. The zero-order chi connectivity index (χ0) is 17.7. The Labute approximate surface area is 144 Å². The van der Waals surface area contributed by atoms with E-state index in [1.165, 1.54) is 31.9 Å². The van der Waals surface area contributed by atoms with Crippen LogP contribution in [0, 0.1) is 5.41 Å². The average molecular weight is 348 g/mol. The van der Waals surface area contributed by atoms with Crippen molar-refractivity contribution in [3.8, 4) is 11.8 Å². The van der Waals surface area contributed by atoms with Crippen LogP contribution in [0.3, 0.4) is 0 Å². The van der Waals surface area contributed by atoms with Crippen LogP contribution in [0.4, 0.5) is 5.13 Å². The van der Waals surface area contributed by atoms with Crippen molar-refractivity contribution in [1.29, 1.82) is 0 Å². The van der Waals surface area contributed by atoms with Crippen molar-refractivity contribution in [2.75, 3.05) is 19.5 Å². The van der Waals surface area contributed by atoms with Crippen LogP contribution in [0.5, 0.6) is 11.8 Å². The molecule has 0 aromatic carbocycles. The molecule has 0 atom stereocenters. The number of nitrogens with one attached hydrogen (secondary N) is 1. The van der Waals surface area contributed by atoms with Crippen molar-refractivity contribution in [1.82, 2.24) is 15.0 Å². The third-order valence-electron chi connectivity index (χ3n) is 2.89. The number of ether oxygens (including phenoxy) is 2. The minimum Gasteiger partial charge on any atom is -0.480 e. The number of allylic oxidation sites excluding steroid dienone is 1. The van der Waals surface area contributed by atoms with Gasteiger partial charge in [0.1, 0.15) is 6.33 Å². The van der Waals surface area contributed by atoms with Gasteiger partial charge in [-0.1, -0.05) is 26.8 Å². The highest BCUT2D eigenvalue weighted by molar-refractivity contribution is 7.14. The lowest BCUT2D eigenvalue weighted by atomic mass is 9.96. The molecule has 2 aromatic heterocycles.